The fourth-order valence-corrected chi connectivity index (χ4v) is 2.72. The summed E-state index contributed by atoms with van der Waals surface area (Å²) < 4.78 is 0.879. The molecule has 0 aliphatic carbocycles. The van der Waals surface area contributed by atoms with Gasteiger partial charge in [-0.25, -0.2) is 0 Å². The summed E-state index contributed by atoms with van der Waals surface area (Å²) in [7, 11) is 0. The molecule has 2 N–H and O–H groups in total. The maximum atomic E-state index is 11.3. The second-order valence-electron chi connectivity index (χ2n) is 3.79. The minimum absolute atomic E-state index is 0.557. The third-order valence-corrected chi connectivity index (χ3v) is 3.86. The van der Waals surface area contributed by atoms with Crippen LogP contribution in [0.25, 0.3) is 0 Å². The number of aliphatic carboxylic acids is 1. The van der Waals surface area contributed by atoms with Crippen LogP contribution in [0.5, 0.6) is 0 Å². The van der Waals surface area contributed by atoms with Crippen LogP contribution in [0.1, 0.15) is 16.5 Å². The van der Waals surface area contributed by atoms with E-state index in [0.717, 1.165) is 14.9 Å². The maximum Gasteiger partial charge on any atom is 0.325 e. The van der Waals surface area contributed by atoms with Crippen molar-refractivity contribution in [3.8, 4) is 0 Å². The van der Waals surface area contributed by atoms with Crippen molar-refractivity contribution < 1.29 is 9.90 Å². The van der Waals surface area contributed by atoms with E-state index < -0.39 is 12.0 Å². The molecule has 0 spiro atoms. The number of rotatable bonds is 5. The second kappa shape index (κ2) is 6.13. The number of hydrogen-bond donors (Lipinski definition) is 2. The van der Waals surface area contributed by atoms with Gasteiger partial charge < -0.3 is 5.11 Å². The molecule has 0 saturated carbocycles. The van der Waals surface area contributed by atoms with Gasteiger partial charge in [0.2, 0.25) is 0 Å². The molecule has 0 radical (unpaired) electrons. The van der Waals surface area contributed by atoms with Crippen molar-refractivity contribution in [2.45, 2.75) is 12.6 Å². The summed E-state index contributed by atoms with van der Waals surface area (Å²) in [5.41, 5.74) is 0.744. The van der Waals surface area contributed by atoms with E-state index in [4.69, 9.17) is 0 Å². The summed E-state index contributed by atoms with van der Waals surface area (Å²) in [4.78, 5) is 12.4. The zero-order valence-corrected chi connectivity index (χ0v) is 11.9. The molecule has 18 heavy (non-hydrogen) atoms. The fraction of sp³-hybridized carbons (Fsp3) is 0.154. The van der Waals surface area contributed by atoms with Crippen LogP contribution in [0, 0.1) is 0 Å². The molecular weight excluding hydrogens is 314 g/mol. The number of hydrogen-bond acceptors (Lipinski definition) is 3. The van der Waals surface area contributed by atoms with E-state index in [-0.39, 0.29) is 0 Å². The van der Waals surface area contributed by atoms with Gasteiger partial charge in [0.05, 0.1) is 0 Å². The second-order valence-corrected chi connectivity index (χ2v) is 5.73. The van der Waals surface area contributed by atoms with E-state index in [2.05, 4.69) is 21.2 Å². The van der Waals surface area contributed by atoms with Crippen molar-refractivity contribution >= 4 is 33.2 Å². The lowest BCUT2D eigenvalue weighted by atomic mass is 10.1. The number of carboxylic acids is 1. The largest absolute Gasteiger partial charge is 0.480 e. The van der Waals surface area contributed by atoms with Crippen LogP contribution in [0.2, 0.25) is 0 Å². The van der Waals surface area contributed by atoms with E-state index in [1.165, 1.54) is 0 Å². The smallest absolute Gasteiger partial charge is 0.325 e. The lowest BCUT2D eigenvalue weighted by Gasteiger charge is -2.14. The van der Waals surface area contributed by atoms with Gasteiger partial charge in [0, 0.05) is 15.9 Å². The highest BCUT2D eigenvalue weighted by atomic mass is 79.9. The summed E-state index contributed by atoms with van der Waals surface area (Å²) >= 11 is 4.96. The zero-order valence-electron chi connectivity index (χ0n) is 9.47. The molecule has 1 atom stereocenters. The number of halogens is 1. The molecule has 0 amide bonds. The number of thiophene rings is 1. The molecular formula is C13H12BrNO2S. The first-order valence-electron chi connectivity index (χ1n) is 5.41. The molecule has 0 fully saturated rings. The van der Waals surface area contributed by atoms with Crippen molar-refractivity contribution in [2.24, 2.45) is 0 Å². The third kappa shape index (κ3) is 3.41. The predicted octanol–water partition coefficient (Wildman–Crippen LogP) is 3.43. The lowest BCUT2D eigenvalue weighted by molar-refractivity contribution is -0.139. The molecule has 3 nitrogen and oxygen atoms in total. The van der Waals surface area contributed by atoms with Crippen molar-refractivity contribution in [1.29, 1.82) is 0 Å². The summed E-state index contributed by atoms with van der Waals surface area (Å²) in [5.74, 6) is -0.871. The average molecular weight is 326 g/mol. The van der Waals surface area contributed by atoms with Crippen LogP contribution in [-0.2, 0) is 11.3 Å². The van der Waals surface area contributed by atoms with Crippen molar-refractivity contribution in [2.75, 3.05) is 0 Å². The highest BCUT2D eigenvalue weighted by Gasteiger charge is 2.19. The molecule has 1 aromatic carbocycles. The Morgan fingerprint density at radius 1 is 1.39 bits per heavy atom. The van der Waals surface area contributed by atoms with E-state index >= 15 is 0 Å². The van der Waals surface area contributed by atoms with Crippen molar-refractivity contribution in [3.05, 3.63) is 56.7 Å². The molecule has 0 saturated heterocycles. The van der Waals surface area contributed by atoms with Gasteiger partial charge in [-0.3, -0.25) is 10.1 Å². The molecule has 2 aromatic rings. The Bertz CT molecular complexity index is 528. The standard InChI is InChI=1S/C13H12BrNO2S/c14-10-4-1-3-9(7-10)12(13(16)17)15-8-11-5-2-6-18-11/h1-7,12,15H,8H2,(H,16,17). The first kappa shape index (κ1) is 13.3. The lowest BCUT2D eigenvalue weighted by Crippen LogP contribution is -2.27. The minimum atomic E-state index is -0.871. The topological polar surface area (TPSA) is 49.3 Å². The van der Waals surface area contributed by atoms with Gasteiger partial charge in [-0.2, -0.15) is 0 Å². The molecule has 1 unspecified atom stereocenters. The van der Waals surface area contributed by atoms with E-state index in [9.17, 15) is 9.90 Å². The first-order chi connectivity index (χ1) is 8.66. The Kier molecular flexibility index (Phi) is 4.52. The van der Waals surface area contributed by atoms with Crippen LogP contribution in [0.4, 0.5) is 0 Å². The van der Waals surface area contributed by atoms with E-state index in [1.54, 1.807) is 11.3 Å². The average Bonchev–Trinajstić information content (AvgIpc) is 2.82. The maximum absolute atomic E-state index is 11.3. The van der Waals surface area contributed by atoms with Gasteiger partial charge in [0.15, 0.2) is 0 Å². The highest BCUT2D eigenvalue weighted by Crippen LogP contribution is 2.19. The third-order valence-electron chi connectivity index (χ3n) is 2.49. The van der Waals surface area contributed by atoms with Gasteiger partial charge in [-0.05, 0) is 29.1 Å². The van der Waals surface area contributed by atoms with Gasteiger partial charge in [0.25, 0.3) is 0 Å². The van der Waals surface area contributed by atoms with Crippen LogP contribution >= 0.6 is 27.3 Å². The highest BCUT2D eigenvalue weighted by molar-refractivity contribution is 9.10. The molecule has 1 heterocycles. The van der Waals surface area contributed by atoms with Gasteiger partial charge in [0.1, 0.15) is 6.04 Å². The quantitative estimate of drug-likeness (QED) is 0.885. The van der Waals surface area contributed by atoms with Crippen LogP contribution in [0.15, 0.2) is 46.3 Å². The molecule has 5 heteroatoms. The van der Waals surface area contributed by atoms with Crippen molar-refractivity contribution in [3.63, 3.8) is 0 Å². The Labute approximate surface area is 118 Å². The van der Waals surface area contributed by atoms with Crippen LogP contribution < -0.4 is 5.32 Å². The Morgan fingerprint density at radius 2 is 2.22 bits per heavy atom. The van der Waals surface area contributed by atoms with Crippen molar-refractivity contribution in [1.82, 2.24) is 5.32 Å². The molecule has 94 valence electrons. The molecule has 0 aliphatic heterocycles. The molecule has 0 aliphatic rings. The number of carboxylic acid groups (broad SMARTS) is 1. The SMILES string of the molecule is O=C(O)C(NCc1cccs1)c1cccc(Br)c1. The monoisotopic (exact) mass is 325 g/mol. The predicted molar refractivity (Wildman–Crippen MR) is 75.7 cm³/mol. The zero-order chi connectivity index (χ0) is 13.0. The van der Waals surface area contributed by atoms with E-state index in [1.807, 2.05) is 41.8 Å². The minimum Gasteiger partial charge on any atom is -0.480 e. The van der Waals surface area contributed by atoms with Gasteiger partial charge >= 0.3 is 5.97 Å². The fourth-order valence-electron chi connectivity index (χ4n) is 1.65. The van der Waals surface area contributed by atoms with Gasteiger partial charge in [-0.15, -0.1) is 11.3 Å². The summed E-state index contributed by atoms with van der Waals surface area (Å²) in [6.45, 7) is 0.557. The number of carbonyl (C=O) groups is 1. The Balaban J connectivity index is 2.11. The number of nitrogens with one attached hydrogen (secondary N) is 1. The molecule has 1 aromatic heterocycles. The van der Waals surface area contributed by atoms with Crippen LogP contribution in [-0.4, -0.2) is 11.1 Å². The summed E-state index contributed by atoms with van der Waals surface area (Å²) in [6.07, 6.45) is 0. The molecule has 0 bridgehead atoms. The van der Waals surface area contributed by atoms with Gasteiger partial charge in [-0.1, -0.05) is 34.1 Å². The summed E-state index contributed by atoms with van der Waals surface area (Å²) in [6, 6.07) is 10.6. The molecule has 2 rings (SSSR count). The Morgan fingerprint density at radius 3 is 2.83 bits per heavy atom. The first-order valence-corrected chi connectivity index (χ1v) is 7.08. The number of benzene rings is 1. The van der Waals surface area contributed by atoms with E-state index in [0.29, 0.717) is 6.54 Å². The van der Waals surface area contributed by atoms with Crippen LogP contribution in [0.3, 0.4) is 0 Å². The summed E-state index contributed by atoms with van der Waals surface area (Å²) in [5, 5.41) is 14.3. The normalized spacial score (nSPS) is 12.3. The Hall–Kier alpha value is -1.17.